The molecule has 4 nitrogen and oxygen atoms in total. The highest BCUT2D eigenvalue weighted by Gasteiger charge is 2.19. The molecule has 0 heterocycles. The van der Waals surface area contributed by atoms with Gasteiger partial charge in [0.15, 0.2) is 0 Å². The van der Waals surface area contributed by atoms with Gasteiger partial charge in [-0.2, -0.15) is 0 Å². The van der Waals surface area contributed by atoms with Crippen LogP contribution < -0.4 is 10.5 Å². The Morgan fingerprint density at radius 1 is 1.67 bits per heavy atom. The van der Waals surface area contributed by atoms with Gasteiger partial charge < -0.3 is 15.6 Å². The van der Waals surface area contributed by atoms with Crippen LogP contribution >= 0.6 is 15.9 Å². The smallest absolute Gasteiger partial charge is 0.303 e. The summed E-state index contributed by atoms with van der Waals surface area (Å²) in [4.78, 5) is 10.5. The highest BCUT2D eigenvalue weighted by Crippen LogP contribution is 2.35. The number of rotatable bonds is 5. The van der Waals surface area contributed by atoms with Gasteiger partial charge in [0.1, 0.15) is 11.6 Å². The van der Waals surface area contributed by atoms with Gasteiger partial charge in [0.2, 0.25) is 0 Å². The number of carboxylic acid groups (broad SMARTS) is 1. The predicted molar refractivity (Wildman–Crippen MR) is 69.2 cm³/mol. The average Bonchev–Trinajstić information content (AvgIpc) is 2.32. The first-order chi connectivity index (χ1) is 8.38. The Labute approximate surface area is 113 Å². The number of halogens is 2. The Hall–Kier alpha value is -1.14. The van der Waals surface area contributed by atoms with Gasteiger partial charge in [0, 0.05) is 23.6 Å². The minimum absolute atomic E-state index is 0.0433. The minimum atomic E-state index is -0.915. The maximum Gasteiger partial charge on any atom is 0.303 e. The summed E-state index contributed by atoms with van der Waals surface area (Å²) in [6.07, 6.45) is 0.224. The average molecular weight is 320 g/mol. The quantitative estimate of drug-likeness (QED) is 0.875. The number of aliphatic carboxylic acids is 1. The zero-order valence-electron chi connectivity index (χ0n) is 10.2. The fraction of sp³-hybridized carbons (Fsp3) is 0.417. The molecule has 0 aliphatic heterocycles. The minimum Gasteiger partial charge on any atom is -0.496 e. The second-order valence-corrected chi connectivity index (χ2v) is 4.81. The summed E-state index contributed by atoms with van der Waals surface area (Å²) in [5, 5.41) is 8.63. The summed E-state index contributed by atoms with van der Waals surface area (Å²) >= 11 is 3.11. The molecule has 6 heteroatoms. The van der Waals surface area contributed by atoms with E-state index in [1.165, 1.54) is 13.2 Å². The lowest BCUT2D eigenvalue weighted by Crippen LogP contribution is -2.14. The number of carbonyl (C=O) groups is 1. The van der Waals surface area contributed by atoms with Gasteiger partial charge in [-0.05, 0) is 35.3 Å². The van der Waals surface area contributed by atoms with E-state index in [1.54, 1.807) is 6.92 Å². The molecule has 0 fully saturated rings. The molecule has 0 radical (unpaired) electrons. The largest absolute Gasteiger partial charge is 0.496 e. The van der Waals surface area contributed by atoms with Crippen LogP contribution in [0.3, 0.4) is 0 Å². The zero-order chi connectivity index (χ0) is 13.9. The first kappa shape index (κ1) is 14.9. The molecule has 1 rings (SSSR count). The van der Waals surface area contributed by atoms with E-state index in [1.807, 2.05) is 0 Å². The third kappa shape index (κ3) is 3.20. The van der Waals surface area contributed by atoms with Crippen molar-refractivity contribution in [1.82, 2.24) is 0 Å². The van der Waals surface area contributed by atoms with Crippen molar-refractivity contribution >= 4 is 21.9 Å². The Kier molecular flexibility index (Phi) is 5.10. The van der Waals surface area contributed by atoms with E-state index in [9.17, 15) is 9.18 Å². The lowest BCUT2D eigenvalue weighted by Gasteiger charge is -2.18. The van der Waals surface area contributed by atoms with Crippen molar-refractivity contribution in [2.45, 2.75) is 25.8 Å². The monoisotopic (exact) mass is 319 g/mol. The third-order valence-corrected chi connectivity index (χ3v) is 3.27. The number of methoxy groups -OCH3 is 1. The summed E-state index contributed by atoms with van der Waals surface area (Å²) in [5.41, 5.74) is 6.88. The van der Waals surface area contributed by atoms with Crippen LogP contribution in [-0.4, -0.2) is 18.2 Å². The molecule has 3 N–H and O–H groups in total. The van der Waals surface area contributed by atoms with Crippen LogP contribution in [0.2, 0.25) is 0 Å². The van der Waals surface area contributed by atoms with E-state index in [0.29, 0.717) is 21.3 Å². The normalized spacial score (nSPS) is 12.3. The van der Waals surface area contributed by atoms with Crippen LogP contribution in [0.5, 0.6) is 5.75 Å². The van der Waals surface area contributed by atoms with E-state index < -0.39 is 17.8 Å². The molecule has 0 aliphatic carbocycles. The van der Waals surface area contributed by atoms with Crippen molar-refractivity contribution in [3.05, 3.63) is 27.5 Å². The Morgan fingerprint density at radius 2 is 2.28 bits per heavy atom. The molecule has 0 aromatic heterocycles. The number of nitrogens with two attached hydrogens (primary N) is 1. The lowest BCUT2D eigenvalue weighted by atomic mass is 9.99. The fourth-order valence-electron chi connectivity index (χ4n) is 1.74. The maximum atomic E-state index is 13.7. The molecule has 0 amide bonds. The van der Waals surface area contributed by atoms with E-state index in [2.05, 4.69) is 15.9 Å². The number of hydrogen-bond donors (Lipinski definition) is 2. The zero-order valence-corrected chi connectivity index (χ0v) is 11.8. The third-order valence-electron chi connectivity index (χ3n) is 2.70. The fourth-order valence-corrected chi connectivity index (χ4v) is 2.29. The summed E-state index contributed by atoms with van der Waals surface area (Å²) < 4.78 is 19.1. The number of benzene rings is 1. The van der Waals surface area contributed by atoms with E-state index >= 15 is 0 Å². The Bertz CT molecular complexity index is 465. The molecule has 1 atom stereocenters. The first-order valence-corrected chi connectivity index (χ1v) is 6.17. The van der Waals surface area contributed by atoms with Crippen molar-refractivity contribution in [2.24, 2.45) is 5.73 Å². The van der Waals surface area contributed by atoms with Crippen LogP contribution in [0.25, 0.3) is 0 Å². The van der Waals surface area contributed by atoms with Crippen molar-refractivity contribution < 1.29 is 19.0 Å². The molecule has 18 heavy (non-hydrogen) atoms. The molecule has 0 bridgehead atoms. The standard InChI is InChI=1S/C12H15BrFNO3/c1-6-11(14)8(13)5-7(12(6)18-2)9(15)3-4-10(16)17/h5,9H,3-4,15H2,1-2H3,(H,16,17). The molecule has 1 unspecified atom stereocenters. The van der Waals surface area contributed by atoms with Gasteiger partial charge in [-0.15, -0.1) is 0 Å². The highest BCUT2D eigenvalue weighted by atomic mass is 79.9. The summed E-state index contributed by atoms with van der Waals surface area (Å²) in [6, 6.07) is 1.03. The van der Waals surface area contributed by atoms with Crippen LogP contribution in [0, 0.1) is 12.7 Å². The second-order valence-electron chi connectivity index (χ2n) is 3.96. The number of ether oxygens (including phenoxy) is 1. The van der Waals surface area contributed by atoms with Crippen LogP contribution in [0.15, 0.2) is 10.5 Å². The Morgan fingerprint density at radius 3 is 2.78 bits per heavy atom. The SMILES string of the molecule is COc1c(C(N)CCC(=O)O)cc(Br)c(F)c1C. The van der Waals surface area contributed by atoms with Crippen LogP contribution in [0.4, 0.5) is 4.39 Å². The van der Waals surface area contributed by atoms with E-state index in [4.69, 9.17) is 15.6 Å². The van der Waals surface area contributed by atoms with Gasteiger partial charge in [-0.25, -0.2) is 4.39 Å². The van der Waals surface area contributed by atoms with E-state index in [0.717, 1.165) is 0 Å². The second kappa shape index (κ2) is 6.15. The van der Waals surface area contributed by atoms with E-state index in [-0.39, 0.29) is 12.8 Å². The Balaban J connectivity index is 3.11. The summed E-state index contributed by atoms with van der Waals surface area (Å²) in [5.74, 6) is -0.947. The van der Waals surface area contributed by atoms with Crippen molar-refractivity contribution in [2.75, 3.05) is 7.11 Å². The highest BCUT2D eigenvalue weighted by molar-refractivity contribution is 9.10. The first-order valence-electron chi connectivity index (χ1n) is 5.38. The topological polar surface area (TPSA) is 72.5 Å². The van der Waals surface area contributed by atoms with Gasteiger partial charge >= 0.3 is 5.97 Å². The molecule has 0 aliphatic rings. The maximum absolute atomic E-state index is 13.7. The molecule has 0 saturated carbocycles. The molecule has 0 saturated heterocycles. The molecule has 1 aromatic carbocycles. The van der Waals surface area contributed by atoms with Crippen LogP contribution in [-0.2, 0) is 4.79 Å². The van der Waals surface area contributed by atoms with Gasteiger partial charge in [-0.3, -0.25) is 4.79 Å². The van der Waals surface area contributed by atoms with Gasteiger partial charge in [0.05, 0.1) is 11.6 Å². The summed E-state index contributed by atoms with van der Waals surface area (Å²) in [6.45, 7) is 1.59. The summed E-state index contributed by atoms with van der Waals surface area (Å²) in [7, 11) is 1.43. The molecule has 1 aromatic rings. The molecule has 100 valence electrons. The number of hydrogen-bond acceptors (Lipinski definition) is 3. The van der Waals surface area contributed by atoms with Gasteiger partial charge in [0.25, 0.3) is 0 Å². The molecular weight excluding hydrogens is 305 g/mol. The van der Waals surface area contributed by atoms with Crippen molar-refractivity contribution in [3.63, 3.8) is 0 Å². The van der Waals surface area contributed by atoms with Crippen molar-refractivity contribution in [3.8, 4) is 5.75 Å². The number of carboxylic acids is 1. The van der Waals surface area contributed by atoms with Gasteiger partial charge in [-0.1, -0.05) is 0 Å². The predicted octanol–water partition coefficient (Wildman–Crippen LogP) is 2.77. The van der Waals surface area contributed by atoms with Crippen LogP contribution in [0.1, 0.15) is 30.0 Å². The van der Waals surface area contributed by atoms with Crippen molar-refractivity contribution in [1.29, 1.82) is 0 Å². The lowest BCUT2D eigenvalue weighted by molar-refractivity contribution is -0.137. The molecular formula is C12H15BrFNO3. The molecule has 0 spiro atoms.